The molecule has 1 heterocycles. The fraction of sp³-hybridized carbons (Fsp3) is 0.263. The molecule has 1 N–H and O–H groups in total. The summed E-state index contributed by atoms with van der Waals surface area (Å²) in [5.41, 5.74) is 4.86. The van der Waals surface area contributed by atoms with Crippen molar-refractivity contribution in [3.05, 3.63) is 63.9 Å². The van der Waals surface area contributed by atoms with E-state index in [1.807, 2.05) is 29.6 Å². The van der Waals surface area contributed by atoms with E-state index < -0.39 is 0 Å². The summed E-state index contributed by atoms with van der Waals surface area (Å²) in [5.74, 6) is -0.163. The molecule has 0 saturated carbocycles. The maximum Gasteiger partial charge on any atom is 0.281 e. The Kier molecular flexibility index (Phi) is 7.27. The fourth-order valence-corrected chi connectivity index (χ4v) is 2.77. The van der Waals surface area contributed by atoms with E-state index in [2.05, 4.69) is 35.7 Å². The second kappa shape index (κ2) is 9.74. The summed E-state index contributed by atoms with van der Waals surface area (Å²) in [6, 6.07) is 13.8. The van der Waals surface area contributed by atoms with Crippen LogP contribution in [0, 0.1) is 0 Å². The first kappa shape index (κ1) is 17.2. The SMILES string of the molecule is CCCCCC(C=NNC(=O)c1cccs1)=Cc1ccccc1. The minimum absolute atomic E-state index is 0.163. The molecular formula is C19H22N2OS. The highest BCUT2D eigenvalue weighted by atomic mass is 32.1. The van der Waals surface area contributed by atoms with Gasteiger partial charge in [0.1, 0.15) is 0 Å². The summed E-state index contributed by atoms with van der Waals surface area (Å²) < 4.78 is 0. The zero-order valence-corrected chi connectivity index (χ0v) is 14.2. The van der Waals surface area contributed by atoms with Crippen LogP contribution in [-0.4, -0.2) is 12.1 Å². The first-order valence-corrected chi connectivity index (χ1v) is 8.80. The number of hydrogen-bond acceptors (Lipinski definition) is 3. The molecule has 3 nitrogen and oxygen atoms in total. The van der Waals surface area contributed by atoms with Crippen LogP contribution in [0.3, 0.4) is 0 Å². The molecule has 0 saturated heterocycles. The predicted octanol–water partition coefficient (Wildman–Crippen LogP) is 5.13. The number of hydrazone groups is 1. The van der Waals surface area contributed by atoms with Gasteiger partial charge in [-0.05, 0) is 35.4 Å². The minimum atomic E-state index is -0.163. The van der Waals surface area contributed by atoms with Crippen molar-refractivity contribution >= 4 is 29.5 Å². The Bertz CT molecular complexity index is 645. The number of carbonyl (C=O) groups is 1. The standard InChI is InChI=1S/C19H22N2OS/c1-2-3-5-11-17(14-16-9-6-4-7-10-16)15-20-21-19(22)18-12-8-13-23-18/h4,6-10,12-15H,2-3,5,11H2,1H3,(H,21,22). The predicted molar refractivity (Wildman–Crippen MR) is 98.8 cm³/mol. The van der Waals surface area contributed by atoms with Gasteiger partial charge in [-0.25, -0.2) is 5.43 Å². The van der Waals surface area contributed by atoms with E-state index in [1.54, 1.807) is 12.3 Å². The van der Waals surface area contributed by atoms with Gasteiger partial charge in [0, 0.05) is 0 Å². The van der Waals surface area contributed by atoms with E-state index in [-0.39, 0.29) is 5.91 Å². The molecule has 0 radical (unpaired) electrons. The van der Waals surface area contributed by atoms with Gasteiger partial charge in [-0.15, -0.1) is 11.3 Å². The molecule has 1 aromatic carbocycles. The molecule has 1 amide bonds. The molecule has 0 spiro atoms. The van der Waals surface area contributed by atoms with E-state index >= 15 is 0 Å². The first-order valence-electron chi connectivity index (χ1n) is 7.92. The molecule has 23 heavy (non-hydrogen) atoms. The Morgan fingerprint density at radius 2 is 2.00 bits per heavy atom. The van der Waals surface area contributed by atoms with Crippen LogP contribution >= 0.6 is 11.3 Å². The number of nitrogens with one attached hydrogen (secondary N) is 1. The number of nitrogens with zero attached hydrogens (tertiary/aromatic N) is 1. The van der Waals surface area contributed by atoms with Crippen LogP contribution in [0.15, 0.2) is 58.5 Å². The van der Waals surface area contributed by atoms with Crippen molar-refractivity contribution in [1.29, 1.82) is 0 Å². The monoisotopic (exact) mass is 326 g/mol. The third-order valence-corrected chi connectivity index (χ3v) is 4.23. The van der Waals surface area contributed by atoms with Gasteiger partial charge in [0.25, 0.3) is 5.91 Å². The van der Waals surface area contributed by atoms with Crippen LogP contribution in [-0.2, 0) is 0 Å². The Labute approximate surface area is 141 Å². The van der Waals surface area contributed by atoms with Crippen LogP contribution in [0.1, 0.15) is 47.8 Å². The average Bonchev–Trinajstić information content (AvgIpc) is 3.10. The van der Waals surface area contributed by atoms with Gasteiger partial charge >= 0.3 is 0 Å². The van der Waals surface area contributed by atoms with Crippen LogP contribution in [0.2, 0.25) is 0 Å². The molecule has 1 aromatic heterocycles. The lowest BCUT2D eigenvalue weighted by molar-refractivity contribution is 0.0959. The van der Waals surface area contributed by atoms with Gasteiger partial charge in [0.05, 0.1) is 11.1 Å². The Hall–Kier alpha value is -2.20. The lowest BCUT2D eigenvalue weighted by Gasteiger charge is -2.03. The van der Waals surface area contributed by atoms with Gasteiger partial charge in [-0.3, -0.25) is 4.79 Å². The van der Waals surface area contributed by atoms with Crippen LogP contribution < -0.4 is 5.43 Å². The molecule has 4 heteroatoms. The first-order chi connectivity index (χ1) is 11.3. The molecule has 120 valence electrons. The lowest BCUT2D eigenvalue weighted by atomic mass is 10.1. The Morgan fingerprint density at radius 1 is 1.17 bits per heavy atom. The van der Waals surface area contributed by atoms with Crippen LogP contribution in [0.4, 0.5) is 0 Å². The third kappa shape index (κ3) is 6.20. The molecule has 0 bridgehead atoms. The van der Waals surface area contributed by atoms with Gasteiger partial charge in [-0.2, -0.15) is 5.10 Å². The molecule has 0 unspecified atom stereocenters. The van der Waals surface area contributed by atoms with E-state index in [4.69, 9.17) is 0 Å². The molecule has 0 aliphatic carbocycles. The summed E-state index contributed by atoms with van der Waals surface area (Å²) in [7, 11) is 0. The molecule has 2 aromatic rings. The van der Waals surface area contributed by atoms with Crippen molar-refractivity contribution in [3.63, 3.8) is 0 Å². The normalized spacial score (nSPS) is 11.8. The van der Waals surface area contributed by atoms with Gasteiger partial charge in [0.15, 0.2) is 0 Å². The van der Waals surface area contributed by atoms with Gasteiger partial charge in [-0.1, -0.05) is 62.2 Å². The lowest BCUT2D eigenvalue weighted by Crippen LogP contribution is -2.16. The molecule has 2 rings (SSSR count). The number of rotatable bonds is 8. The second-order valence-electron chi connectivity index (χ2n) is 5.26. The highest BCUT2D eigenvalue weighted by Crippen LogP contribution is 2.12. The van der Waals surface area contributed by atoms with Gasteiger partial charge < -0.3 is 0 Å². The summed E-state index contributed by atoms with van der Waals surface area (Å²) in [6.07, 6.45) is 8.35. The zero-order chi connectivity index (χ0) is 16.3. The zero-order valence-electron chi connectivity index (χ0n) is 13.4. The number of unbranched alkanes of at least 4 members (excludes halogenated alkanes) is 2. The summed E-state index contributed by atoms with van der Waals surface area (Å²) >= 11 is 1.41. The maximum absolute atomic E-state index is 11.9. The molecule has 0 aliphatic rings. The largest absolute Gasteiger partial charge is 0.281 e. The topological polar surface area (TPSA) is 41.5 Å². The fourth-order valence-electron chi connectivity index (χ4n) is 2.15. The van der Waals surface area contributed by atoms with Crippen LogP contribution in [0.5, 0.6) is 0 Å². The number of allylic oxidation sites excluding steroid dienone is 1. The van der Waals surface area contributed by atoms with E-state index in [0.29, 0.717) is 4.88 Å². The molecule has 0 atom stereocenters. The minimum Gasteiger partial charge on any atom is -0.266 e. The van der Waals surface area contributed by atoms with Crippen LogP contribution in [0.25, 0.3) is 6.08 Å². The van der Waals surface area contributed by atoms with E-state index in [1.165, 1.54) is 24.2 Å². The van der Waals surface area contributed by atoms with E-state index in [0.717, 1.165) is 24.0 Å². The molecule has 0 fully saturated rings. The summed E-state index contributed by atoms with van der Waals surface area (Å²) in [6.45, 7) is 2.19. The average molecular weight is 326 g/mol. The summed E-state index contributed by atoms with van der Waals surface area (Å²) in [4.78, 5) is 12.5. The second-order valence-corrected chi connectivity index (χ2v) is 6.21. The highest BCUT2D eigenvalue weighted by Gasteiger charge is 2.04. The molecular weight excluding hydrogens is 304 g/mol. The quantitative estimate of drug-likeness (QED) is 0.408. The van der Waals surface area contributed by atoms with Crippen molar-refractivity contribution in [2.24, 2.45) is 5.10 Å². The Morgan fingerprint density at radius 3 is 2.70 bits per heavy atom. The van der Waals surface area contributed by atoms with Gasteiger partial charge in [0.2, 0.25) is 0 Å². The number of benzene rings is 1. The van der Waals surface area contributed by atoms with Crippen molar-refractivity contribution in [2.45, 2.75) is 32.6 Å². The number of carbonyl (C=O) groups excluding carboxylic acids is 1. The Balaban J connectivity index is 2.00. The van der Waals surface area contributed by atoms with Crippen molar-refractivity contribution in [1.82, 2.24) is 5.43 Å². The third-order valence-electron chi connectivity index (χ3n) is 3.36. The smallest absolute Gasteiger partial charge is 0.266 e. The highest BCUT2D eigenvalue weighted by molar-refractivity contribution is 7.12. The van der Waals surface area contributed by atoms with Crippen molar-refractivity contribution < 1.29 is 4.79 Å². The molecule has 0 aliphatic heterocycles. The number of amides is 1. The summed E-state index contributed by atoms with van der Waals surface area (Å²) in [5, 5.41) is 6.00. The number of thiophene rings is 1. The number of hydrogen-bond donors (Lipinski definition) is 1. The maximum atomic E-state index is 11.9. The van der Waals surface area contributed by atoms with Crippen molar-refractivity contribution in [2.75, 3.05) is 0 Å². The van der Waals surface area contributed by atoms with E-state index in [9.17, 15) is 4.79 Å². The van der Waals surface area contributed by atoms with Crippen molar-refractivity contribution in [3.8, 4) is 0 Å².